The number of hydrogen-bond donors (Lipinski definition) is 0. The molecule has 0 spiro atoms. The van der Waals surface area contributed by atoms with Crippen LogP contribution < -0.4 is 4.74 Å². The van der Waals surface area contributed by atoms with Crippen molar-refractivity contribution in [3.63, 3.8) is 0 Å². The number of benzene rings is 2. The van der Waals surface area contributed by atoms with Crippen LogP contribution >= 0.6 is 0 Å². The SMILES string of the molecule is C/N=C(\N=C(/C)N1CCN(S(=O)(=O)c2ccc(OC)cc2)CC1)C(C)(C)c1ccccc1. The Bertz CT molecular complexity index is 1070. The van der Waals surface area contributed by atoms with Gasteiger partial charge in [-0.2, -0.15) is 4.31 Å². The normalized spacial score (nSPS) is 16.8. The number of sulfonamides is 1. The second kappa shape index (κ2) is 9.83. The molecule has 0 amide bonds. The van der Waals surface area contributed by atoms with Crippen molar-refractivity contribution in [1.29, 1.82) is 0 Å². The molecule has 0 unspecified atom stereocenters. The van der Waals surface area contributed by atoms with Crippen molar-refractivity contribution in [1.82, 2.24) is 9.21 Å². The van der Waals surface area contributed by atoms with Crippen molar-refractivity contribution in [3.8, 4) is 5.75 Å². The fraction of sp³-hybridized carbons (Fsp3) is 0.417. The minimum Gasteiger partial charge on any atom is -0.497 e. The molecule has 8 heteroatoms. The van der Waals surface area contributed by atoms with E-state index in [1.54, 1.807) is 38.4 Å². The molecular formula is C24H32N4O3S. The van der Waals surface area contributed by atoms with Gasteiger partial charge in [-0.3, -0.25) is 4.99 Å². The van der Waals surface area contributed by atoms with E-state index in [1.807, 2.05) is 25.1 Å². The van der Waals surface area contributed by atoms with Crippen LogP contribution in [0.25, 0.3) is 0 Å². The third kappa shape index (κ3) is 5.02. The molecule has 3 rings (SSSR count). The van der Waals surface area contributed by atoms with Gasteiger partial charge in [0.25, 0.3) is 0 Å². The van der Waals surface area contributed by atoms with Crippen molar-refractivity contribution < 1.29 is 13.2 Å². The van der Waals surface area contributed by atoms with Crippen molar-refractivity contribution in [3.05, 3.63) is 60.2 Å². The second-order valence-corrected chi connectivity index (χ2v) is 10.2. The number of piperazine rings is 1. The van der Waals surface area contributed by atoms with E-state index in [2.05, 4.69) is 35.9 Å². The van der Waals surface area contributed by atoms with E-state index in [4.69, 9.17) is 9.73 Å². The summed E-state index contributed by atoms with van der Waals surface area (Å²) in [6.07, 6.45) is 0. The molecule has 0 aliphatic carbocycles. The Kier molecular flexibility index (Phi) is 7.36. The first kappa shape index (κ1) is 23.9. The average Bonchev–Trinajstić information content (AvgIpc) is 2.82. The highest BCUT2D eigenvalue weighted by Gasteiger charge is 2.30. The summed E-state index contributed by atoms with van der Waals surface area (Å²) in [5.74, 6) is 2.22. The highest BCUT2D eigenvalue weighted by Crippen LogP contribution is 2.26. The van der Waals surface area contributed by atoms with Crippen molar-refractivity contribution >= 4 is 21.7 Å². The molecule has 7 nitrogen and oxygen atoms in total. The van der Waals surface area contributed by atoms with Gasteiger partial charge < -0.3 is 9.64 Å². The molecule has 0 saturated carbocycles. The summed E-state index contributed by atoms with van der Waals surface area (Å²) >= 11 is 0. The maximum Gasteiger partial charge on any atom is 0.243 e. The number of aliphatic imine (C=N–C) groups is 2. The van der Waals surface area contributed by atoms with Crippen molar-refractivity contribution in [2.75, 3.05) is 40.3 Å². The van der Waals surface area contributed by atoms with Gasteiger partial charge in [0, 0.05) is 38.6 Å². The highest BCUT2D eigenvalue weighted by molar-refractivity contribution is 7.89. The first-order valence-corrected chi connectivity index (χ1v) is 12.1. The van der Waals surface area contributed by atoms with Crippen LogP contribution in [0, 0.1) is 0 Å². The van der Waals surface area contributed by atoms with E-state index in [9.17, 15) is 8.42 Å². The Hall–Kier alpha value is -2.71. The largest absolute Gasteiger partial charge is 0.497 e. The molecule has 0 bridgehead atoms. The van der Waals surface area contributed by atoms with Crippen LogP contribution in [0.15, 0.2) is 69.5 Å². The Morgan fingerprint density at radius 1 is 0.969 bits per heavy atom. The van der Waals surface area contributed by atoms with Crippen molar-refractivity contribution in [2.24, 2.45) is 9.98 Å². The molecule has 0 atom stereocenters. The lowest BCUT2D eigenvalue weighted by atomic mass is 9.83. The molecule has 0 radical (unpaired) electrons. The monoisotopic (exact) mass is 456 g/mol. The molecule has 1 saturated heterocycles. The molecule has 172 valence electrons. The molecule has 32 heavy (non-hydrogen) atoms. The van der Waals surface area contributed by atoms with Crippen LogP contribution in [0.5, 0.6) is 5.75 Å². The van der Waals surface area contributed by atoms with Gasteiger partial charge in [-0.25, -0.2) is 13.4 Å². The van der Waals surface area contributed by atoms with Gasteiger partial charge in [-0.05, 0) is 50.6 Å². The van der Waals surface area contributed by atoms with Crippen molar-refractivity contribution in [2.45, 2.75) is 31.1 Å². The number of rotatable bonds is 5. The van der Waals surface area contributed by atoms with E-state index in [-0.39, 0.29) is 10.3 Å². The number of ether oxygens (including phenoxy) is 1. The average molecular weight is 457 g/mol. The maximum atomic E-state index is 13.0. The van der Waals surface area contributed by atoms with E-state index >= 15 is 0 Å². The molecule has 1 aliphatic heterocycles. The fourth-order valence-corrected chi connectivity index (χ4v) is 5.25. The molecule has 2 aromatic carbocycles. The maximum absolute atomic E-state index is 13.0. The summed E-state index contributed by atoms with van der Waals surface area (Å²) in [6, 6.07) is 16.7. The summed E-state index contributed by atoms with van der Waals surface area (Å²) in [4.78, 5) is 11.7. The minimum absolute atomic E-state index is 0.280. The summed E-state index contributed by atoms with van der Waals surface area (Å²) < 4.78 is 32.6. The zero-order valence-electron chi connectivity index (χ0n) is 19.4. The van der Waals surface area contributed by atoms with E-state index in [0.29, 0.717) is 31.9 Å². The van der Waals surface area contributed by atoms with E-state index in [0.717, 1.165) is 17.2 Å². The number of nitrogens with zero attached hydrogens (tertiary/aromatic N) is 4. The Labute approximate surface area is 191 Å². The Balaban J connectivity index is 1.70. The zero-order valence-corrected chi connectivity index (χ0v) is 20.3. The van der Waals surface area contributed by atoms with Gasteiger partial charge in [0.1, 0.15) is 17.4 Å². The van der Waals surface area contributed by atoms with Crippen LogP contribution in [-0.4, -0.2) is 69.6 Å². The number of amidine groups is 2. The highest BCUT2D eigenvalue weighted by atomic mass is 32.2. The van der Waals surface area contributed by atoms with Crippen LogP contribution in [-0.2, 0) is 15.4 Å². The van der Waals surface area contributed by atoms with E-state index in [1.165, 1.54) is 4.31 Å². The quantitative estimate of drug-likeness (QED) is 0.510. The smallest absolute Gasteiger partial charge is 0.243 e. The number of hydrogen-bond acceptors (Lipinski definition) is 4. The molecule has 1 aliphatic rings. The lowest BCUT2D eigenvalue weighted by Gasteiger charge is -2.35. The molecule has 1 heterocycles. The van der Waals surface area contributed by atoms with E-state index < -0.39 is 10.0 Å². The molecule has 0 aromatic heterocycles. The predicted octanol–water partition coefficient (Wildman–Crippen LogP) is 3.43. The molecule has 1 fully saturated rings. The fourth-order valence-electron chi connectivity index (χ4n) is 3.83. The van der Waals surface area contributed by atoms with Crippen LogP contribution in [0.4, 0.5) is 0 Å². The molecule has 0 N–H and O–H groups in total. The number of methoxy groups -OCH3 is 1. The Morgan fingerprint density at radius 2 is 1.56 bits per heavy atom. The predicted molar refractivity (Wildman–Crippen MR) is 129 cm³/mol. The van der Waals surface area contributed by atoms with Crippen LogP contribution in [0.1, 0.15) is 26.3 Å². The zero-order chi connectivity index (χ0) is 23.4. The first-order chi connectivity index (χ1) is 15.2. The van der Waals surface area contributed by atoms with Crippen LogP contribution in [0.2, 0.25) is 0 Å². The van der Waals surface area contributed by atoms with Gasteiger partial charge in [0.05, 0.1) is 12.0 Å². The lowest BCUT2D eigenvalue weighted by Crippen LogP contribution is -2.50. The summed E-state index contributed by atoms with van der Waals surface area (Å²) in [7, 11) is -0.218. The summed E-state index contributed by atoms with van der Waals surface area (Å²) in [5.41, 5.74) is 0.809. The first-order valence-electron chi connectivity index (χ1n) is 10.7. The molecular weight excluding hydrogens is 424 g/mol. The third-order valence-electron chi connectivity index (χ3n) is 5.93. The minimum atomic E-state index is -3.54. The topological polar surface area (TPSA) is 74.6 Å². The van der Waals surface area contributed by atoms with Gasteiger partial charge in [-0.15, -0.1) is 0 Å². The molecule has 2 aromatic rings. The summed E-state index contributed by atoms with van der Waals surface area (Å²) in [6.45, 7) is 8.15. The standard InChI is InChI=1S/C24H32N4O3S/c1-19(26-23(25-4)24(2,3)20-9-7-6-8-10-20)27-15-17-28(18-16-27)32(29,30)22-13-11-21(31-5)12-14-22/h6-14H,15-18H2,1-5H3/b25-23-,26-19+. The van der Waals surface area contributed by atoms with Gasteiger partial charge in [-0.1, -0.05) is 30.3 Å². The van der Waals surface area contributed by atoms with Gasteiger partial charge >= 0.3 is 0 Å². The Morgan fingerprint density at radius 3 is 2.09 bits per heavy atom. The second-order valence-electron chi connectivity index (χ2n) is 8.26. The third-order valence-corrected chi connectivity index (χ3v) is 7.84. The lowest BCUT2D eigenvalue weighted by molar-refractivity contribution is 0.265. The van der Waals surface area contributed by atoms with Gasteiger partial charge in [0.2, 0.25) is 10.0 Å². The van der Waals surface area contributed by atoms with Gasteiger partial charge in [0.15, 0.2) is 0 Å². The summed E-state index contributed by atoms with van der Waals surface area (Å²) in [5, 5.41) is 0. The van der Waals surface area contributed by atoms with Crippen LogP contribution in [0.3, 0.4) is 0 Å².